The predicted molar refractivity (Wildman–Crippen MR) is 169 cm³/mol. The number of likely N-dealkylation sites (tertiary alicyclic amines) is 1. The largest absolute Gasteiger partial charge is 0.450 e. The molecule has 0 aromatic carbocycles. The number of amides is 1. The minimum atomic E-state index is -4.69. The van der Waals surface area contributed by atoms with Crippen LogP contribution in [0.3, 0.4) is 0 Å². The summed E-state index contributed by atoms with van der Waals surface area (Å²) in [7, 11) is 2.71. The van der Waals surface area contributed by atoms with Gasteiger partial charge in [0, 0.05) is 58.5 Å². The molecule has 19 heteroatoms. The average Bonchev–Trinajstić information content (AvgIpc) is 3.77. The number of pyridine rings is 2. The quantitative estimate of drug-likeness (QED) is 0.181. The van der Waals surface area contributed by atoms with Crippen LogP contribution in [0.1, 0.15) is 30.5 Å². The molecule has 0 atom stereocenters. The molecule has 5 heterocycles. The van der Waals surface area contributed by atoms with Gasteiger partial charge in [-0.2, -0.15) is 18.2 Å². The zero-order valence-corrected chi connectivity index (χ0v) is 26.9. The summed E-state index contributed by atoms with van der Waals surface area (Å²) in [5.74, 6) is -2.77. The van der Waals surface area contributed by atoms with Crippen molar-refractivity contribution in [1.82, 2.24) is 34.0 Å². The molecule has 0 unspecified atom stereocenters. The van der Waals surface area contributed by atoms with Crippen LogP contribution in [-0.4, -0.2) is 72.0 Å². The van der Waals surface area contributed by atoms with Crippen LogP contribution in [-0.2, 0) is 25.1 Å². The Hall–Kier alpha value is -4.84. The fourth-order valence-corrected chi connectivity index (χ4v) is 5.68. The Bertz CT molecular complexity index is 1990. The number of aromatic nitrogens is 6. The highest BCUT2D eigenvalue weighted by molar-refractivity contribution is 6.36. The molecule has 1 saturated carbocycles. The van der Waals surface area contributed by atoms with Gasteiger partial charge in [-0.25, -0.2) is 23.7 Å². The highest BCUT2D eigenvalue weighted by atomic mass is 35.5. The first-order valence-electron chi connectivity index (χ1n) is 15.0. The molecule has 13 nitrogen and oxygen atoms in total. The third-order valence-electron chi connectivity index (χ3n) is 8.18. The molecular weight excluding hydrogens is 679 g/mol. The lowest BCUT2D eigenvalue weighted by Gasteiger charge is -2.24. The fourth-order valence-electron chi connectivity index (χ4n) is 5.38. The summed E-state index contributed by atoms with van der Waals surface area (Å²) in [4.78, 5) is 46.0. The Labute approximate surface area is 280 Å². The van der Waals surface area contributed by atoms with Crippen molar-refractivity contribution >= 4 is 51.9 Å². The monoisotopic (exact) mass is 708 g/mol. The number of nitrogens with two attached hydrogens (primary N) is 1. The molecule has 1 aliphatic carbocycles. The molecule has 260 valence electrons. The molecule has 6 rings (SSSR count). The van der Waals surface area contributed by atoms with Crippen molar-refractivity contribution in [3.63, 3.8) is 0 Å². The predicted octanol–water partition coefficient (Wildman–Crippen LogP) is 4.29. The number of fused-ring (bicyclic) bond motifs is 1. The zero-order chi connectivity index (χ0) is 35.2. The first-order chi connectivity index (χ1) is 23.1. The van der Waals surface area contributed by atoms with E-state index in [9.17, 15) is 31.5 Å². The van der Waals surface area contributed by atoms with Gasteiger partial charge in [-0.05, 0) is 18.9 Å². The van der Waals surface area contributed by atoms with Gasteiger partial charge in [0.25, 0.3) is 11.5 Å². The third kappa shape index (κ3) is 7.15. The van der Waals surface area contributed by atoms with Crippen LogP contribution in [0.25, 0.3) is 16.9 Å². The molecule has 49 heavy (non-hydrogen) atoms. The number of carbonyl (C=O) groups excluding carboxylic acids is 1. The molecule has 0 spiro atoms. The first-order valence-corrected chi connectivity index (χ1v) is 15.4. The number of nitrogens with one attached hydrogen (secondary N) is 1. The molecule has 2 aliphatic rings. The van der Waals surface area contributed by atoms with Crippen LogP contribution >= 0.6 is 11.6 Å². The van der Waals surface area contributed by atoms with E-state index in [4.69, 9.17) is 22.1 Å². The summed E-state index contributed by atoms with van der Waals surface area (Å²) in [6.07, 6.45) is 2.34. The van der Waals surface area contributed by atoms with Crippen molar-refractivity contribution in [3.05, 3.63) is 63.7 Å². The van der Waals surface area contributed by atoms with Crippen LogP contribution < -0.4 is 26.2 Å². The number of nitrogens with zero attached hydrogens (tertiary/aromatic N) is 8. The lowest BCUT2D eigenvalue weighted by atomic mass is 10.2. The summed E-state index contributed by atoms with van der Waals surface area (Å²) in [6.45, 7) is 0.298. The third-order valence-corrected chi connectivity index (χ3v) is 8.55. The molecule has 1 amide bonds. The molecule has 4 aromatic heterocycles. The van der Waals surface area contributed by atoms with Crippen LogP contribution in [0.5, 0.6) is 5.75 Å². The molecule has 4 aromatic rings. The number of alkyl halides is 5. The number of aryl methyl sites for hydroxylation is 2. The van der Waals surface area contributed by atoms with Gasteiger partial charge >= 0.3 is 6.18 Å². The van der Waals surface area contributed by atoms with E-state index in [1.807, 2.05) is 0 Å². The van der Waals surface area contributed by atoms with E-state index in [1.165, 1.54) is 42.2 Å². The van der Waals surface area contributed by atoms with E-state index in [0.717, 1.165) is 23.6 Å². The second kappa shape index (κ2) is 12.9. The summed E-state index contributed by atoms with van der Waals surface area (Å²) in [6, 6.07) is 0.686. The smallest absolute Gasteiger partial charge is 0.417 e. The van der Waals surface area contributed by atoms with Gasteiger partial charge in [0.2, 0.25) is 11.9 Å². The van der Waals surface area contributed by atoms with Crippen molar-refractivity contribution in [2.45, 2.75) is 31.4 Å². The topological polar surface area (TPSA) is 149 Å². The van der Waals surface area contributed by atoms with Gasteiger partial charge in [-0.15, -0.1) is 0 Å². The van der Waals surface area contributed by atoms with Crippen LogP contribution in [0.15, 0.2) is 41.8 Å². The average molecular weight is 709 g/mol. The van der Waals surface area contributed by atoms with Gasteiger partial charge in [-0.3, -0.25) is 19.4 Å². The fraction of sp³-hybridized carbons (Fsp3) is 0.400. The molecule has 1 aliphatic heterocycles. The first kappa shape index (κ1) is 34.0. The normalized spacial score (nSPS) is 16.7. The number of halogens is 6. The Morgan fingerprint density at radius 1 is 1.20 bits per heavy atom. The highest BCUT2D eigenvalue weighted by Crippen LogP contribution is 2.36. The minimum absolute atomic E-state index is 0.0160. The van der Waals surface area contributed by atoms with E-state index in [2.05, 4.69) is 25.3 Å². The SMILES string of the molecule is Cn1cc(C(F)(F)F)cc(Nc2nc3ncc(O/C(=C/N)c4cnc(N(CCN5CCC(F)(F)C5)C(=O)C5CC5)cn4)c(Cl)c3n2C)c1=O. The van der Waals surface area contributed by atoms with E-state index in [0.29, 0.717) is 12.3 Å². The Balaban J connectivity index is 1.21. The number of ether oxygens (including phenoxy) is 1. The Morgan fingerprint density at radius 2 is 1.96 bits per heavy atom. The minimum Gasteiger partial charge on any atom is -0.450 e. The molecule has 0 bridgehead atoms. The van der Waals surface area contributed by atoms with Gasteiger partial charge < -0.3 is 24.9 Å². The lowest BCUT2D eigenvalue weighted by Crippen LogP contribution is -2.40. The highest BCUT2D eigenvalue weighted by Gasteiger charge is 2.39. The van der Waals surface area contributed by atoms with Crippen molar-refractivity contribution in [2.24, 2.45) is 25.7 Å². The van der Waals surface area contributed by atoms with Crippen molar-refractivity contribution in [1.29, 1.82) is 0 Å². The molecular formula is C30H30ClF5N10O3. The number of anilines is 3. The summed E-state index contributed by atoms with van der Waals surface area (Å²) < 4.78 is 75.6. The maximum absolute atomic E-state index is 13.7. The second-order valence-corrected chi connectivity index (χ2v) is 12.2. The maximum Gasteiger partial charge on any atom is 0.417 e. The summed E-state index contributed by atoms with van der Waals surface area (Å²) in [5, 5.41) is 2.65. The van der Waals surface area contributed by atoms with Crippen molar-refractivity contribution in [2.75, 3.05) is 36.4 Å². The van der Waals surface area contributed by atoms with Crippen LogP contribution in [0, 0.1) is 5.92 Å². The molecule has 1 saturated heterocycles. The van der Waals surface area contributed by atoms with Gasteiger partial charge in [-0.1, -0.05) is 11.6 Å². The Kier molecular flexibility index (Phi) is 8.95. The molecule has 2 fully saturated rings. The summed E-state index contributed by atoms with van der Waals surface area (Å²) in [5.41, 5.74) is 4.24. The maximum atomic E-state index is 13.7. The van der Waals surface area contributed by atoms with Crippen LogP contribution in [0.2, 0.25) is 5.02 Å². The number of imidazole rings is 1. The van der Waals surface area contributed by atoms with E-state index in [1.54, 1.807) is 4.90 Å². The molecule has 3 N–H and O–H groups in total. The number of rotatable bonds is 10. The van der Waals surface area contributed by atoms with Crippen molar-refractivity contribution < 1.29 is 31.5 Å². The van der Waals surface area contributed by atoms with Crippen molar-refractivity contribution in [3.8, 4) is 5.75 Å². The summed E-state index contributed by atoms with van der Waals surface area (Å²) >= 11 is 6.67. The number of carbonyl (C=O) groups is 1. The van der Waals surface area contributed by atoms with E-state index < -0.39 is 23.2 Å². The lowest BCUT2D eigenvalue weighted by molar-refractivity contribution is -0.138. The van der Waals surface area contributed by atoms with Gasteiger partial charge in [0.05, 0.1) is 30.7 Å². The number of hydrogen-bond acceptors (Lipinski definition) is 10. The zero-order valence-electron chi connectivity index (χ0n) is 26.1. The standard InChI is InChI=1S/C30H30ClF5N10O3/c1-43-14-17(30(34,35)36)9-18(27(43)48)41-28-42-25-24(44(28)2)23(31)21(12-40-25)49-20(10-37)19-11-39-22(13-38-19)46(26(47)16-3-4-16)8-7-45-6-5-29(32,33)15-45/h9-14,16H,3-8,15,37H2,1-2H3,(H,40,41,42)/b20-10+. The van der Waals surface area contributed by atoms with E-state index >= 15 is 0 Å². The van der Waals surface area contributed by atoms with Gasteiger partial charge in [0.1, 0.15) is 21.9 Å². The van der Waals surface area contributed by atoms with Gasteiger partial charge in [0.15, 0.2) is 23.0 Å². The van der Waals surface area contributed by atoms with E-state index in [-0.39, 0.29) is 95.3 Å². The van der Waals surface area contributed by atoms with Crippen LogP contribution in [0.4, 0.5) is 39.4 Å². The number of hydrogen-bond donors (Lipinski definition) is 2. The molecule has 0 radical (unpaired) electrons. The Morgan fingerprint density at radius 3 is 2.57 bits per heavy atom. The second-order valence-electron chi connectivity index (χ2n) is 11.8.